The van der Waals surface area contributed by atoms with Crippen molar-refractivity contribution in [3.05, 3.63) is 17.8 Å². The molecule has 1 aromatic rings. The molecule has 0 fully saturated rings. The van der Waals surface area contributed by atoms with Crippen LogP contribution in [0.25, 0.3) is 0 Å². The normalized spacial score (nSPS) is 14.7. The second kappa shape index (κ2) is 4.66. The molecule has 0 spiro atoms. The molecule has 1 rings (SSSR count). The largest absolute Gasteiger partial charge is 0.438 e. The van der Waals surface area contributed by atoms with Crippen LogP contribution in [0.2, 0.25) is 0 Å². The summed E-state index contributed by atoms with van der Waals surface area (Å²) in [7, 11) is 0. The highest BCUT2D eigenvalue weighted by atomic mass is 35.5. The zero-order chi connectivity index (χ0) is 11.5. The van der Waals surface area contributed by atoms with E-state index < -0.39 is 5.54 Å². The van der Waals surface area contributed by atoms with Crippen molar-refractivity contribution >= 4 is 17.5 Å². The van der Waals surface area contributed by atoms with Gasteiger partial charge in [-0.15, -0.1) is 11.6 Å². The van der Waals surface area contributed by atoms with E-state index in [-0.39, 0.29) is 11.7 Å². The van der Waals surface area contributed by atoms with Crippen LogP contribution in [0.15, 0.2) is 10.8 Å². The van der Waals surface area contributed by atoms with Gasteiger partial charge >= 0.3 is 0 Å². The molecule has 0 radical (unpaired) electrons. The molecule has 4 nitrogen and oxygen atoms in total. The summed E-state index contributed by atoms with van der Waals surface area (Å²) in [4.78, 5) is 15.6. The Labute approximate surface area is 94.0 Å². The molecule has 0 aliphatic carbocycles. The van der Waals surface area contributed by atoms with Gasteiger partial charge in [0.2, 0.25) is 5.76 Å². The van der Waals surface area contributed by atoms with Crippen molar-refractivity contribution in [3.63, 3.8) is 0 Å². The Bertz CT molecular complexity index is 345. The summed E-state index contributed by atoms with van der Waals surface area (Å²) in [6, 6.07) is 0. The Kier molecular flexibility index (Phi) is 3.74. The van der Waals surface area contributed by atoms with E-state index in [2.05, 4.69) is 10.3 Å². The summed E-state index contributed by atoms with van der Waals surface area (Å²) in [5, 5.41) is 2.83. The maximum Gasteiger partial charge on any atom is 0.289 e. The highest BCUT2D eigenvalue weighted by Gasteiger charge is 2.26. The molecule has 1 unspecified atom stereocenters. The molecule has 0 saturated heterocycles. The molecule has 1 heterocycles. The third-order valence-electron chi connectivity index (χ3n) is 2.44. The zero-order valence-electron chi connectivity index (χ0n) is 9.13. The van der Waals surface area contributed by atoms with Crippen LogP contribution in [0.4, 0.5) is 0 Å². The lowest BCUT2D eigenvalue weighted by Crippen LogP contribution is -2.47. The van der Waals surface area contributed by atoms with Crippen molar-refractivity contribution in [2.24, 2.45) is 0 Å². The molecular weight excluding hydrogens is 216 g/mol. The predicted molar refractivity (Wildman–Crippen MR) is 58.1 cm³/mol. The monoisotopic (exact) mass is 230 g/mol. The predicted octanol–water partition coefficient (Wildman–Crippen LogP) is 2.12. The van der Waals surface area contributed by atoms with Crippen LogP contribution in [0, 0.1) is 6.92 Å². The number of aryl methyl sites for hydroxylation is 1. The Balaban J connectivity index is 2.76. The highest BCUT2D eigenvalue weighted by Crippen LogP contribution is 2.13. The second-order valence-electron chi connectivity index (χ2n) is 3.77. The van der Waals surface area contributed by atoms with Gasteiger partial charge in [0.1, 0.15) is 0 Å². The maximum absolute atomic E-state index is 11.8. The number of nitrogens with zero attached hydrogens (tertiary/aromatic N) is 1. The number of halogens is 1. The van der Waals surface area contributed by atoms with Gasteiger partial charge in [-0.3, -0.25) is 4.79 Å². The quantitative estimate of drug-likeness (QED) is 0.807. The fourth-order valence-corrected chi connectivity index (χ4v) is 1.32. The Morgan fingerprint density at radius 2 is 2.40 bits per heavy atom. The molecule has 0 aliphatic rings. The number of rotatable bonds is 4. The van der Waals surface area contributed by atoms with E-state index in [1.165, 1.54) is 6.39 Å². The first kappa shape index (κ1) is 12.0. The van der Waals surface area contributed by atoms with Gasteiger partial charge in [0.25, 0.3) is 5.91 Å². The van der Waals surface area contributed by atoms with Crippen LogP contribution in [0.1, 0.15) is 36.5 Å². The number of oxazole rings is 1. The summed E-state index contributed by atoms with van der Waals surface area (Å²) in [6.45, 7) is 5.59. The maximum atomic E-state index is 11.8. The Morgan fingerprint density at radius 3 is 2.80 bits per heavy atom. The number of carbonyl (C=O) groups is 1. The summed E-state index contributed by atoms with van der Waals surface area (Å²) in [6.07, 6.45) is 2.02. The first-order chi connectivity index (χ1) is 7.02. The fraction of sp³-hybridized carbons (Fsp3) is 0.600. The molecule has 0 bridgehead atoms. The summed E-state index contributed by atoms with van der Waals surface area (Å²) < 4.78 is 4.99. The van der Waals surface area contributed by atoms with E-state index in [1.54, 1.807) is 6.92 Å². The molecule has 0 saturated carbocycles. The molecule has 15 heavy (non-hydrogen) atoms. The smallest absolute Gasteiger partial charge is 0.289 e. The topological polar surface area (TPSA) is 55.1 Å². The first-order valence-corrected chi connectivity index (χ1v) is 5.34. The van der Waals surface area contributed by atoms with Gasteiger partial charge in [-0.1, -0.05) is 6.92 Å². The lowest BCUT2D eigenvalue weighted by Gasteiger charge is -2.26. The van der Waals surface area contributed by atoms with Gasteiger partial charge in [0.05, 0.1) is 11.2 Å². The van der Waals surface area contributed by atoms with Gasteiger partial charge in [-0.2, -0.15) is 0 Å². The average molecular weight is 231 g/mol. The van der Waals surface area contributed by atoms with Crippen LogP contribution in [0.3, 0.4) is 0 Å². The third kappa shape index (κ3) is 2.72. The average Bonchev–Trinajstić information content (AvgIpc) is 2.64. The van der Waals surface area contributed by atoms with Crippen molar-refractivity contribution in [1.82, 2.24) is 10.3 Å². The van der Waals surface area contributed by atoms with E-state index in [4.69, 9.17) is 16.0 Å². The standard InChI is InChI=1S/C10H15ClN2O2/c1-4-10(3,5-11)13-9(14)8-7(2)12-6-15-8/h6H,4-5H2,1-3H3,(H,13,14). The van der Waals surface area contributed by atoms with Gasteiger partial charge < -0.3 is 9.73 Å². The van der Waals surface area contributed by atoms with Crippen molar-refractivity contribution < 1.29 is 9.21 Å². The minimum absolute atomic E-state index is 0.250. The lowest BCUT2D eigenvalue weighted by molar-refractivity contribution is 0.0883. The summed E-state index contributed by atoms with van der Waals surface area (Å²) in [5.41, 5.74) is 0.179. The van der Waals surface area contributed by atoms with Gasteiger partial charge in [0.15, 0.2) is 6.39 Å². The zero-order valence-corrected chi connectivity index (χ0v) is 9.89. The van der Waals surface area contributed by atoms with E-state index in [1.807, 2.05) is 13.8 Å². The van der Waals surface area contributed by atoms with Gasteiger partial charge in [-0.05, 0) is 20.3 Å². The first-order valence-electron chi connectivity index (χ1n) is 4.81. The SMILES string of the molecule is CCC(C)(CCl)NC(=O)c1ocnc1C. The number of alkyl halides is 1. The van der Waals surface area contributed by atoms with Gasteiger partial charge in [0, 0.05) is 5.88 Å². The summed E-state index contributed by atoms with van der Waals surface area (Å²) in [5.74, 6) is 0.345. The van der Waals surface area contributed by atoms with Gasteiger partial charge in [-0.25, -0.2) is 4.98 Å². The minimum Gasteiger partial charge on any atom is -0.438 e. The van der Waals surface area contributed by atoms with E-state index in [9.17, 15) is 4.79 Å². The van der Waals surface area contributed by atoms with Crippen molar-refractivity contribution in [2.75, 3.05) is 5.88 Å². The summed E-state index contributed by atoms with van der Waals surface area (Å²) >= 11 is 5.79. The number of aromatic nitrogens is 1. The van der Waals surface area contributed by atoms with Crippen molar-refractivity contribution in [2.45, 2.75) is 32.7 Å². The van der Waals surface area contributed by atoms with E-state index >= 15 is 0 Å². The van der Waals surface area contributed by atoms with E-state index in [0.717, 1.165) is 6.42 Å². The van der Waals surface area contributed by atoms with Crippen LogP contribution in [-0.4, -0.2) is 22.3 Å². The third-order valence-corrected chi connectivity index (χ3v) is 3.03. The Morgan fingerprint density at radius 1 is 1.73 bits per heavy atom. The minimum atomic E-state index is -0.405. The van der Waals surface area contributed by atoms with Crippen molar-refractivity contribution in [1.29, 1.82) is 0 Å². The molecule has 1 aromatic heterocycles. The molecule has 0 aromatic carbocycles. The molecular formula is C10H15ClN2O2. The van der Waals surface area contributed by atoms with Crippen LogP contribution < -0.4 is 5.32 Å². The molecule has 0 aliphatic heterocycles. The number of nitrogens with one attached hydrogen (secondary N) is 1. The van der Waals surface area contributed by atoms with Crippen LogP contribution in [0.5, 0.6) is 0 Å². The molecule has 1 amide bonds. The number of carbonyl (C=O) groups excluding carboxylic acids is 1. The lowest BCUT2D eigenvalue weighted by atomic mass is 10.0. The number of hydrogen-bond acceptors (Lipinski definition) is 3. The fourth-order valence-electron chi connectivity index (χ4n) is 1.07. The Hall–Kier alpha value is -1.03. The van der Waals surface area contributed by atoms with Crippen LogP contribution >= 0.6 is 11.6 Å². The van der Waals surface area contributed by atoms with Crippen LogP contribution in [-0.2, 0) is 0 Å². The molecule has 84 valence electrons. The second-order valence-corrected chi connectivity index (χ2v) is 4.04. The molecule has 1 atom stereocenters. The molecule has 1 N–H and O–H groups in total. The number of amides is 1. The highest BCUT2D eigenvalue weighted by molar-refractivity contribution is 6.18. The molecule has 5 heteroatoms. The van der Waals surface area contributed by atoms with Crippen molar-refractivity contribution in [3.8, 4) is 0 Å². The van der Waals surface area contributed by atoms with E-state index in [0.29, 0.717) is 11.6 Å². The number of hydrogen-bond donors (Lipinski definition) is 1.